The number of halogens is 3. The Morgan fingerprint density at radius 1 is 0.925 bits per heavy atom. The first-order valence-corrected chi connectivity index (χ1v) is 21.7. The smallest absolute Gasteiger partial charge is 0.416 e. The molecule has 2 saturated heterocycles. The molecule has 1 atom stereocenters. The molecule has 2 fully saturated rings. The van der Waals surface area contributed by atoms with Gasteiger partial charge in [-0.2, -0.15) is 13.2 Å². The van der Waals surface area contributed by atoms with Crippen LogP contribution < -0.4 is 25.6 Å². The van der Waals surface area contributed by atoms with E-state index in [-0.39, 0.29) is 54.2 Å². The molecule has 3 N–H and O–H groups in total. The molecule has 0 saturated carbocycles. The first-order chi connectivity index (χ1) is 32.2. The molecule has 0 aliphatic carbocycles. The molecule has 2 aromatic carbocycles. The van der Waals surface area contributed by atoms with Gasteiger partial charge in [-0.3, -0.25) is 48.6 Å². The van der Waals surface area contributed by atoms with E-state index in [1.54, 1.807) is 29.9 Å². The van der Waals surface area contributed by atoms with Crippen molar-refractivity contribution in [2.24, 2.45) is 0 Å². The van der Waals surface area contributed by atoms with Gasteiger partial charge in [0.2, 0.25) is 23.6 Å². The van der Waals surface area contributed by atoms with E-state index in [4.69, 9.17) is 9.47 Å². The summed E-state index contributed by atoms with van der Waals surface area (Å²) >= 11 is 0. The first kappa shape index (κ1) is 46.0. The summed E-state index contributed by atoms with van der Waals surface area (Å²) in [6, 6.07) is 11.2. The minimum Gasteiger partial charge on any atom is -0.476 e. The monoisotopic (exact) mass is 922 g/mol. The molecule has 1 unspecified atom stereocenters. The topological polar surface area (TPSA) is 220 Å². The molecule has 67 heavy (non-hydrogen) atoms. The molecule has 21 heteroatoms. The van der Waals surface area contributed by atoms with E-state index in [2.05, 4.69) is 41.1 Å². The Kier molecular flexibility index (Phi) is 13.7. The van der Waals surface area contributed by atoms with Gasteiger partial charge in [0.15, 0.2) is 0 Å². The van der Waals surface area contributed by atoms with Crippen LogP contribution in [-0.2, 0) is 38.3 Å². The Hall–Kier alpha value is -7.55. The number of ether oxygens (including phenoxy) is 2. The van der Waals surface area contributed by atoms with Crippen LogP contribution in [0.25, 0.3) is 11.1 Å². The molecule has 3 aromatic heterocycles. The molecule has 6 amide bonds. The Bertz CT molecular complexity index is 2740. The van der Waals surface area contributed by atoms with Crippen LogP contribution in [0.15, 0.2) is 73.2 Å². The maximum atomic E-state index is 13.3. The van der Waals surface area contributed by atoms with Crippen molar-refractivity contribution in [2.75, 3.05) is 48.4 Å². The fourth-order valence-electron chi connectivity index (χ4n) is 8.05. The maximum absolute atomic E-state index is 13.3. The number of piperidine rings is 1. The average molecular weight is 923 g/mol. The number of benzene rings is 2. The number of hydrogen-bond donors (Lipinski definition) is 3. The summed E-state index contributed by atoms with van der Waals surface area (Å²) in [6.45, 7) is 4.80. The third-order valence-corrected chi connectivity index (χ3v) is 11.5. The zero-order chi connectivity index (χ0) is 47.2. The number of unbranched alkanes of at least 4 members (excludes halogenated alkanes) is 2. The van der Waals surface area contributed by atoms with Gasteiger partial charge >= 0.3 is 6.18 Å². The number of pyridine rings is 2. The number of carbonyl (C=O) groups is 6. The molecule has 18 nitrogen and oxygen atoms in total. The van der Waals surface area contributed by atoms with Crippen LogP contribution in [0.3, 0.4) is 0 Å². The maximum Gasteiger partial charge on any atom is 0.416 e. The van der Waals surface area contributed by atoms with Gasteiger partial charge in [-0.1, -0.05) is 23.8 Å². The molecule has 5 aromatic rings. The molecular weight excluding hydrogens is 878 g/mol. The number of nitrogens with zero attached hydrogens (tertiary/aromatic N) is 7. The van der Waals surface area contributed by atoms with E-state index >= 15 is 0 Å². The minimum atomic E-state index is -4.59. The van der Waals surface area contributed by atoms with E-state index < -0.39 is 47.3 Å². The zero-order valence-electron chi connectivity index (χ0n) is 36.2. The highest BCUT2D eigenvalue weighted by atomic mass is 19.4. The molecule has 6 heterocycles. The van der Waals surface area contributed by atoms with Crippen LogP contribution >= 0.6 is 0 Å². The second-order valence-electron chi connectivity index (χ2n) is 16.1. The standard InChI is InChI=1S/C46H45F3N10O8/c1-27-34(23-32(25-50-27)52-41(62)28-7-5-8-30(21-28)46(47,48)49)29-22-37(57-16-19-66-20-17-57)43(51-24-29)67-18-14-31-26-58(56-55-31)15-4-2-3-11-38(60)53-35-10-6-9-33-40(35)45(65)59(44(33)64)36-12-13-39(61)54-42(36)63/h5-10,21-26,36H,2-4,11-20H2,1H3,(H,52,62)(H,53,60)(H,54,61,63). The number of anilines is 3. The molecular formula is C46H45F3N10O8. The number of rotatable bonds is 16. The van der Waals surface area contributed by atoms with Gasteiger partial charge in [0, 0.05) is 73.7 Å². The number of aryl methyl sites for hydroxylation is 2. The number of hydrogen-bond acceptors (Lipinski definition) is 13. The molecule has 0 spiro atoms. The summed E-state index contributed by atoms with van der Waals surface area (Å²) in [6.07, 6.45) is 2.89. The van der Waals surface area contributed by atoms with Gasteiger partial charge in [-0.05, 0) is 68.7 Å². The van der Waals surface area contributed by atoms with Gasteiger partial charge in [0.05, 0.1) is 59.8 Å². The number of morpholine rings is 1. The number of aromatic nitrogens is 5. The average Bonchev–Trinajstić information content (AvgIpc) is 3.87. The molecule has 3 aliphatic rings. The number of amides is 6. The Balaban J connectivity index is 0.821. The van der Waals surface area contributed by atoms with Crippen LogP contribution in [-0.4, -0.2) is 104 Å². The summed E-state index contributed by atoms with van der Waals surface area (Å²) in [7, 11) is 0. The highest BCUT2D eigenvalue weighted by Gasteiger charge is 2.45. The second kappa shape index (κ2) is 19.9. The van der Waals surface area contributed by atoms with Crippen molar-refractivity contribution in [2.45, 2.75) is 70.6 Å². The van der Waals surface area contributed by atoms with Gasteiger partial charge in [-0.25, -0.2) is 4.98 Å². The summed E-state index contributed by atoms with van der Waals surface area (Å²) in [4.78, 5) is 88.5. The normalized spacial score (nSPS) is 16.2. The van der Waals surface area contributed by atoms with Gasteiger partial charge < -0.3 is 25.0 Å². The van der Waals surface area contributed by atoms with Crippen LogP contribution in [0, 0.1) is 6.92 Å². The third kappa shape index (κ3) is 10.6. The highest BCUT2D eigenvalue weighted by Crippen LogP contribution is 2.36. The Labute approximate surface area is 381 Å². The van der Waals surface area contributed by atoms with Crippen molar-refractivity contribution in [3.8, 4) is 17.0 Å². The SMILES string of the molecule is Cc1ncc(NC(=O)c2cccc(C(F)(F)F)c2)cc1-c1cnc(OCCc2cn(CCCCCC(=O)Nc3cccc4c3C(=O)N(C3CCC(=O)NC3=O)C4=O)nn2)c(N2CCOCC2)c1. The number of imide groups is 2. The molecule has 8 rings (SSSR count). The predicted molar refractivity (Wildman–Crippen MR) is 234 cm³/mol. The summed E-state index contributed by atoms with van der Waals surface area (Å²) in [5.41, 5.74) is 2.91. The predicted octanol–water partition coefficient (Wildman–Crippen LogP) is 5.37. The van der Waals surface area contributed by atoms with Crippen LogP contribution in [0.4, 0.5) is 30.2 Å². The van der Waals surface area contributed by atoms with E-state index in [1.807, 2.05) is 12.3 Å². The lowest BCUT2D eigenvalue weighted by Gasteiger charge is -2.30. The summed E-state index contributed by atoms with van der Waals surface area (Å²) in [5, 5.41) is 16.1. The van der Waals surface area contributed by atoms with Gasteiger partial charge in [-0.15, -0.1) is 5.10 Å². The number of carbonyl (C=O) groups excluding carboxylic acids is 6. The first-order valence-electron chi connectivity index (χ1n) is 21.7. The fourth-order valence-corrected chi connectivity index (χ4v) is 8.05. The summed E-state index contributed by atoms with van der Waals surface area (Å²) in [5.74, 6) is -3.18. The van der Waals surface area contributed by atoms with Crippen LogP contribution in [0.2, 0.25) is 0 Å². The number of fused-ring (bicyclic) bond motifs is 1. The second-order valence-corrected chi connectivity index (χ2v) is 16.1. The molecule has 0 radical (unpaired) electrons. The van der Waals surface area contributed by atoms with Crippen molar-refractivity contribution < 1.29 is 51.4 Å². The van der Waals surface area contributed by atoms with E-state index in [0.29, 0.717) is 92.6 Å². The van der Waals surface area contributed by atoms with Gasteiger partial charge in [0.1, 0.15) is 11.7 Å². The van der Waals surface area contributed by atoms with E-state index in [9.17, 15) is 41.9 Å². The van der Waals surface area contributed by atoms with Crippen molar-refractivity contribution in [1.29, 1.82) is 0 Å². The fraction of sp³-hybridized carbons (Fsp3) is 0.348. The minimum absolute atomic E-state index is 0.000773. The van der Waals surface area contributed by atoms with Crippen molar-refractivity contribution >= 4 is 52.5 Å². The Morgan fingerprint density at radius 2 is 1.73 bits per heavy atom. The van der Waals surface area contributed by atoms with Crippen molar-refractivity contribution in [3.05, 3.63) is 107 Å². The molecule has 348 valence electrons. The van der Waals surface area contributed by atoms with Crippen LogP contribution in [0.5, 0.6) is 5.88 Å². The lowest BCUT2D eigenvalue weighted by Crippen LogP contribution is -2.54. The Morgan fingerprint density at radius 3 is 2.52 bits per heavy atom. The highest BCUT2D eigenvalue weighted by molar-refractivity contribution is 6.26. The summed E-state index contributed by atoms with van der Waals surface area (Å²) < 4.78 is 53.4. The quantitative estimate of drug-likeness (QED) is 0.0838. The van der Waals surface area contributed by atoms with Crippen LogP contribution in [0.1, 0.15) is 86.6 Å². The lowest BCUT2D eigenvalue weighted by molar-refractivity contribution is -0.138. The lowest BCUT2D eigenvalue weighted by atomic mass is 10.0. The van der Waals surface area contributed by atoms with E-state index in [1.165, 1.54) is 30.5 Å². The molecule has 0 bridgehead atoms. The van der Waals surface area contributed by atoms with Gasteiger partial charge in [0.25, 0.3) is 17.7 Å². The largest absolute Gasteiger partial charge is 0.476 e. The van der Waals surface area contributed by atoms with Crippen molar-refractivity contribution in [3.63, 3.8) is 0 Å². The van der Waals surface area contributed by atoms with Crippen molar-refractivity contribution in [1.82, 2.24) is 35.2 Å². The third-order valence-electron chi connectivity index (χ3n) is 11.5. The van der Waals surface area contributed by atoms with E-state index in [0.717, 1.165) is 22.7 Å². The number of nitrogens with one attached hydrogen (secondary N) is 3. The number of alkyl halides is 3. The molecule has 3 aliphatic heterocycles. The zero-order valence-corrected chi connectivity index (χ0v) is 36.2.